The minimum absolute atomic E-state index is 0.174. The quantitative estimate of drug-likeness (QED) is 0.785. The molecular weight excluding hydrogens is 335 g/mol. The predicted octanol–water partition coefficient (Wildman–Crippen LogP) is 4.41. The van der Waals surface area contributed by atoms with Crippen molar-refractivity contribution in [2.24, 2.45) is 5.41 Å². The van der Waals surface area contributed by atoms with Gasteiger partial charge in [0.2, 0.25) is 11.8 Å². The Balaban J connectivity index is 2.00. The Kier molecular flexibility index (Phi) is 5.93. The fourth-order valence-electron chi connectivity index (χ4n) is 2.58. The van der Waals surface area contributed by atoms with Crippen molar-refractivity contribution in [3.05, 3.63) is 28.2 Å². The third-order valence-electron chi connectivity index (χ3n) is 4.25. The van der Waals surface area contributed by atoms with Crippen LogP contribution in [0.3, 0.4) is 0 Å². The summed E-state index contributed by atoms with van der Waals surface area (Å²) in [4.78, 5) is 24.9. The Morgan fingerprint density at radius 3 is 2.30 bits per heavy atom. The molecule has 1 aliphatic rings. The number of carbonyl (C=O) groups is 2. The van der Waals surface area contributed by atoms with Crippen LogP contribution in [0.5, 0.6) is 0 Å². The zero-order valence-corrected chi connectivity index (χ0v) is 14.9. The summed E-state index contributed by atoms with van der Waals surface area (Å²) in [6, 6.07) is 5.00. The van der Waals surface area contributed by atoms with Gasteiger partial charge in [-0.05, 0) is 44.9 Å². The van der Waals surface area contributed by atoms with Crippen molar-refractivity contribution in [3.63, 3.8) is 0 Å². The molecule has 1 aliphatic carbocycles. The first kappa shape index (κ1) is 18.1. The van der Waals surface area contributed by atoms with Gasteiger partial charge < -0.3 is 10.6 Å². The molecular formula is C17H22Cl2N2O2. The minimum atomic E-state index is -1.16. The highest BCUT2D eigenvalue weighted by atomic mass is 35.5. The van der Waals surface area contributed by atoms with Crippen molar-refractivity contribution in [1.29, 1.82) is 0 Å². The minimum Gasteiger partial charge on any atom is -0.352 e. The molecule has 126 valence electrons. The number of carbonyl (C=O) groups excluding carboxylic acids is 2. The highest BCUT2D eigenvalue weighted by Crippen LogP contribution is 2.27. The average Bonchev–Trinajstić information content (AvgIpc) is 2.51. The molecule has 23 heavy (non-hydrogen) atoms. The summed E-state index contributed by atoms with van der Waals surface area (Å²) in [5, 5.41) is 6.50. The first-order valence-electron chi connectivity index (χ1n) is 7.88. The number of hydrogen-bond donors (Lipinski definition) is 2. The van der Waals surface area contributed by atoms with Gasteiger partial charge in [0.15, 0.2) is 0 Å². The number of rotatable bonds is 4. The Labute approximate surface area is 146 Å². The molecule has 0 radical (unpaired) electrons. The standard InChI is InChI=1S/C17H22Cl2N2O2/c1-17(2,15(22)20-11-6-4-3-5-7-11)16(23)21-12-8-9-13(18)14(19)10-12/h8-11H,3-7H2,1-2H3,(H,20,22)(H,21,23). The topological polar surface area (TPSA) is 58.2 Å². The van der Waals surface area contributed by atoms with E-state index in [1.54, 1.807) is 32.0 Å². The lowest BCUT2D eigenvalue weighted by atomic mass is 9.88. The lowest BCUT2D eigenvalue weighted by molar-refractivity contribution is -0.139. The van der Waals surface area contributed by atoms with Gasteiger partial charge in [-0.15, -0.1) is 0 Å². The molecule has 4 nitrogen and oxygen atoms in total. The predicted molar refractivity (Wildman–Crippen MR) is 93.9 cm³/mol. The number of amides is 2. The van der Waals surface area contributed by atoms with Gasteiger partial charge in [0.25, 0.3) is 0 Å². The molecule has 0 aliphatic heterocycles. The van der Waals surface area contributed by atoms with Gasteiger partial charge in [-0.25, -0.2) is 0 Å². The summed E-state index contributed by atoms with van der Waals surface area (Å²) in [5.41, 5.74) is -0.647. The first-order chi connectivity index (χ1) is 10.8. The van der Waals surface area contributed by atoms with Crippen molar-refractivity contribution < 1.29 is 9.59 Å². The van der Waals surface area contributed by atoms with Crippen LogP contribution in [0.15, 0.2) is 18.2 Å². The molecule has 0 heterocycles. The number of hydrogen-bond acceptors (Lipinski definition) is 2. The van der Waals surface area contributed by atoms with Crippen LogP contribution in [-0.4, -0.2) is 17.9 Å². The van der Waals surface area contributed by atoms with Crippen LogP contribution >= 0.6 is 23.2 Å². The summed E-state index contributed by atoms with van der Waals surface area (Å²) < 4.78 is 0. The zero-order chi connectivity index (χ0) is 17.0. The van der Waals surface area contributed by atoms with Gasteiger partial charge in [-0.2, -0.15) is 0 Å². The summed E-state index contributed by atoms with van der Waals surface area (Å²) in [5.74, 6) is -0.619. The summed E-state index contributed by atoms with van der Waals surface area (Å²) >= 11 is 11.8. The van der Waals surface area contributed by atoms with Crippen molar-refractivity contribution in [3.8, 4) is 0 Å². The number of halogens is 2. The molecule has 6 heteroatoms. The van der Waals surface area contributed by atoms with E-state index >= 15 is 0 Å². The van der Waals surface area contributed by atoms with E-state index < -0.39 is 5.41 Å². The van der Waals surface area contributed by atoms with E-state index in [1.807, 2.05) is 0 Å². The van der Waals surface area contributed by atoms with Gasteiger partial charge in [0.05, 0.1) is 10.0 Å². The molecule has 0 spiro atoms. The summed E-state index contributed by atoms with van der Waals surface area (Å²) in [7, 11) is 0. The third-order valence-corrected chi connectivity index (χ3v) is 4.99. The number of anilines is 1. The Bertz CT molecular complexity index is 596. The molecule has 0 aromatic heterocycles. The van der Waals surface area contributed by atoms with Gasteiger partial charge in [-0.1, -0.05) is 42.5 Å². The lowest BCUT2D eigenvalue weighted by Gasteiger charge is -2.28. The summed E-state index contributed by atoms with van der Waals surface area (Å²) in [6.45, 7) is 3.25. The van der Waals surface area contributed by atoms with Crippen molar-refractivity contribution in [2.45, 2.75) is 52.0 Å². The lowest BCUT2D eigenvalue weighted by Crippen LogP contribution is -2.49. The van der Waals surface area contributed by atoms with E-state index in [4.69, 9.17) is 23.2 Å². The molecule has 1 fully saturated rings. The summed E-state index contributed by atoms with van der Waals surface area (Å²) in [6.07, 6.45) is 5.43. The largest absolute Gasteiger partial charge is 0.352 e. The van der Waals surface area contributed by atoms with Crippen LogP contribution < -0.4 is 10.6 Å². The Morgan fingerprint density at radius 1 is 1.04 bits per heavy atom. The molecule has 2 amide bonds. The van der Waals surface area contributed by atoms with Crippen LogP contribution in [0.2, 0.25) is 10.0 Å². The fourth-order valence-corrected chi connectivity index (χ4v) is 2.88. The normalized spacial score (nSPS) is 16.0. The van der Waals surface area contributed by atoms with Gasteiger partial charge in [-0.3, -0.25) is 9.59 Å². The van der Waals surface area contributed by atoms with E-state index in [9.17, 15) is 9.59 Å². The van der Waals surface area contributed by atoms with E-state index in [1.165, 1.54) is 6.42 Å². The smallest absolute Gasteiger partial charge is 0.239 e. The highest BCUT2D eigenvalue weighted by molar-refractivity contribution is 6.42. The maximum atomic E-state index is 12.5. The van der Waals surface area contributed by atoms with E-state index in [0.29, 0.717) is 15.7 Å². The van der Waals surface area contributed by atoms with Gasteiger partial charge >= 0.3 is 0 Å². The van der Waals surface area contributed by atoms with Crippen LogP contribution in [0.4, 0.5) is 5.69 Å². The fraction of sp³-hybridized carbons (Fsp3) is 0.529. The van der Waals surface area contributed by atoms with E-state index in [-0.39, 0.29) is 17.9 Å². The van der Waals surface area contributed by atoms with Crippen molar-refractivity contribution in [1.82, 2.24) is 5.32 Å². The Hall–Kier alpha value is -1.26. The molecule has 1 aromatic carbocycles. The second-order valence-electron chi connectivity index (χ2n) is 6.52. The first-order valence-corrected chi connectivity index (χ1v) is 8.64. The molecule has 2 N–H and O–H groups in total. The molecule has 1 saturated carbocycles. The monoisotopic (exact) mass is 356 g/mol. The zero-order valence-electron chi connectivity index (χ0n) is 13.4. The highest BCUT2D eigenvalue weighted by Gasteiger charge is 2.37. The maximum Gasteiger partial charge on any atom is 0.239 e. The molecule has 1 aromatic rings. The van der Waals surface area contributed by atoms with E-state index in [0.717, 1.165) is 25.7 Å². The van der Waals surface area contributed by atoms with Crippen molar-refractivity contribution >= 4 is 40.7 Å². The second-order valence-corrected chi connectivity index (χ2v) is 7.33. The van der Waals surface area contributed by atoms with Crippen LogP contribution in [-0.2, 0) is 9.59 Å². The number of benzene rings is 1. The molecule has 0 atom stereocenters. The van der Waals surface area contributed by atoms with Crippen LogP contribution in [0.1, 0.15) is 46.0 Å². The SMILES string of the molecule is CC(C)(C(=O)Nc1ccc(Cl)c(Cl)c1)C(=O)NC1CCCCC1. The maximum absolute atomic E-state index is 12.5. The average molecular weight is 357 g/mol. The van der Waals surface area contributed by atoms with Gasteiger partial charge in [0.1, 0.15) is 5.41 Å². The third kappa shape index (κ3) is 4.61. The number of nitrogens with one attached hydrogen (secondary N) is 2. The van der Waals surface area contributed by atoms with Crippen LogP contribution in [0.25, 0.3) is 0 Å². The Morgan fingerprint density at radius 2 is 1.70 bits per heavy atom. The molecule has 0 bridgehead atoms. The van der Waals surface area contributed by atoms with E-state index in [2.05, 4.69) is 10.6 Å². The van der Waals surface area contributed by atoms with Crippen LogP contribution in [0, 0.1) is 5.41 Å². The van der Waals surface area contributed by atoms with Crippen molar-refractivity contribution in [2.75, 3.05) is 5.32 Å². The molecule has 2 rings (SSSR count). The second kappa shape index (κ2) is 7.54. The molecule has 0 unspecified atom stereocenters. The molecule has 0 saturated heterocycles. The van der Waals surface area contributed by atoms with Gasteiger partial charge in [0, 0.05) is 11.7 Å².